The van der Waals surface area contributed by atoms with Crippen LogP contribution < -0.4 is 0 Å². The van der Waals surface area contributed by atoms with Crippen LogP contribution in [0.2, 0.25) is 0 Å². The quantitative estimate of drug-likeness (QED) is 0.735. The topological polar surface area (TPSA) is 32.7 Å². The molecule has 1 aromatic rings. The number of rotatable bonds is 3. The molecule has 0 aliphatic heterocycles. The van der Waals surface area contributed by atoms with Crippen molar-refractivity contribution in [2.75, 3.05) is 7.05 Å². The van der Waals surface area contributed by atoms with Gasteiger partial charge in [-0.15, -0.1) is 0 Å². The molecule has 1 aromatic carbocycles. The molecule has 72 valence electrons. The molecule has 0 saturated heterocycles. The van der Waals surface area contributed by atoms with Crippen molar-refractivity contribution in [2.45, 2.75) is 6.61 Å². The molecule has 5 heteroatoms. The minimum atomic E-state index is -0.693. The smallest absolute Gasteiger partial charge is 0.131 e. The minimum Gasteiger partial charge on any atom is -0.290 e. The second kappa shape index (κ2) is 4.27. The second-order valence-corrected chi connectivity index (χ2v) is 2.47. The molecule has 13 heavy (non-hydrogen) atoms. The third-order valence-electron chi connectivity index (χ3n) is 1.42. The van der Waals surface area contributed by atoms with E-state index in [4.69, 9.17) is 5.21 Å². The van der Waals surface area contributed by atoms with Gasteiger partial charge in [0.05, 0.1) is 6.61 Å². The summed E-state index contributed by atoms with van der Waals surface area (Å²) in [6.07, 6.45) is 0. The average molecular weight is 189 g/mol. The van der Waals surface area contributed by atoms with Gasteiger partial charge in [-0.25, -0.2) is 8.78 Å². The molecule has 0 aliphatic carbocycles. The summed E-state index contributed by atoms with van der Waals surface area (Å²) in [6, 6.07) is 3.14. The maximum atomic E-state index is 12.9. The van der Waals surface area contributed by atoms with E-state index in [1.54, 1.807) is 0 Å². The van der Waals surface area contributed by atoms with Crippen molar-refractivity contribution in [3.63, 3.8) is 0 Å². The summed E-state index contributed by atoms with van der Waals surface area (Å²) in [5.41, 5.74) is 0.183. The zero-order chi connectivity index (χ0) is 9.84. The molecule has 0 unspecified atom stereocenters. The summed E-state index contributed by atoms with van der Waals surface area (Å²) in [5.74, 6) is -1.33. The highest BCUT2D eigenvalue weighted by Gasteiger charge is 2.04. The molecule has 0 heterocycles. The van der Waals surface area contributed by atoms with Crippen LogP contribution in [0.15, 0.2) is 18.2 Å². The van der Waals surface area contributed by atoms with Gasteiger partial charge in [0, 0.05) is 18.7 Å². The fourth-order valence-electron chi connectivity index (χ4n) is 0.802. The predicted molar refractivity (Wildman–Crippen MR) is 40.7 cm³/mol. The zero-order valence-electron chi connectivity index (χ0n) is 7.00. The largest absolute Gasteiger partial charge is 0.290 e. The van der Waals surface area contributed by atoms with Crippen LogP contribution in [-0.2, 0) is 11.4 Å². The van der Waals surface area contributed by atoms with E-state index in [0.29, 0.717) is 5.23 Å². The lowest BCUT2D eigenvalue weighted by Gasteiger charge is -2.08. The van der Waals surface area contributed by atoms with Gasteiger partial charge in [0.25, 0.3) is 0 Å². The maximum absolute atomic E-state index is 12.9. The van der Waals surface area contributed by atoms with E-state index in [9.17, 15) is 8.78 Å². The molecule has 0 amide bonds. The van der Waals surface area contributed by atoms with Gasteiger partial charge < -0.3 is 0 Å². The van der Waals surface area contributed by atoms with Gasteiger partial charge in [0.2, 0.25) is 0 Å². The van der Waals surface area contributed by atoms with Crippen molar-refractivity contribution in [1.29, 1.82) is 0 Å². The van der Waals surface area contributed by atoms with Crippen LogP contribution in [0.1, 0.15) is 5.56 Å². The van der Waals surface area contributed by atoms with Crippen LogP contribution >= 0.6 is 0 Å². The lowest BCUT2D eigenvalue weighted by Crippen LogP contribution is -2.13. The molecule has 0 fully saturated rings. The molecule has 0 aliphatic rings. The Labute approximate surface area is 74.1 Å². The van der Waals surface area contributed by atoms with Gasteiger partial charge in [0.15, 0.2) is 0 Å². The Morgan fingerprint density at radius 2 is 2.15 bits per heavy atom. The first-order chi connectivity index (χ1) is 6.09. The van der Waals surface area contributed by atoms with Crippen LogP contribution in [0.25, 0.3) is 0 Å². The fourth-order valence-corrected chi connectivity index (χ4v) is 0.802. The Kier molecular flexibility index (Phi) is 3.30. The van der Waals surface area contributed by atoms with Crippen LogP contribution in [0.5, 0.6) is 0 Å². The van der Waals surface area contributed by atoms with E-state index in [1.165, 1.54) is 13.1 Å². The third-order valence-corrected chi connectivity index (χ3v) is 1.42. The third kappa shape index (κ3) is 3.06. The second-order valence-electron chi connectivity index (χ2n) is 2.47. The highest BCUT2D eigenvalue weighted by Crippen LogP contribution is 2.10. The van der Waals surface area contributed by atoms with Crippen LogP contribution in [0.4, 0.5) is 8.78 Å². The van der Waals surface area contributed by atoms with E-state index in [0.717, 1.165) is 12.1 Å². The first-order valence-corrected chi connectivity index (χ1v) is 3.59. The van der Waals surface area contributed by atoms with Gasteiger partial charge in [-0.3, -0.25) is 10.0 Å². The highest BCUT2D eigenvalue weighted by molar-refractivity contribution is 5.17. The first kappa shape index (κ1) is 10.0. The standard InChI is InChI=1S/C8H9F2NO2/c1-11(12)13-5-6-2-3-7(9)4-8(6)10/h2-4,12H,5H2,1H3. The van der Waals surface area contributed by atoms with Gasteiger partial charge in [-0.2, -0.15) is 0 Å². The monoisotopic (exact) mass is 189 g/mol. The van der Waals surface area contributed by atoms with Crippen molar-refractivity contribution < 1.29 is 18.8 Å². The maximum Gasteiger partial charge on any atom is 0.131 e. The van der Waals surface area contributed by atoms with E-state index in [-0.39, 0.29) is 12.2 Å². The van der Waals surface area contributed by atoms with Crippen molar-refractivity contribution in [3.05, 3.63) is 35.4 Å². The molecule has 0 bridgehead atoms. The van der Waals surface area contributed by atoms with E-state index in [1.807, 2.05) is 0 Å². The molecule has 0 radical (unpaired) electrons. The van der Waals surface area contributed by atoms with Crippen molar-refractivity contribution in [2.24, 2.45) is 0 Å². The SMILES string of the molecule is CN(O)OCc1ccc(F)cc1F. The van der Waals surface area contributed by atoms with E-state index >= 15 is 0 Å². The summed E-state index contributed by atoms with van der Waals surface area (Å²) in [4.78, 5) is 4.58. The van der Waals surface area contributed by atoms with E-state index < -0.39 is 11.6 Å². The summed E-state index contributed by atoms with van der Waals surface area (Å²) in [7, 11) is 1.25. The van der Waals surface area contributed by atoms with Crippen molar-refractivity contribution in [3.8, 4) is 0 Å². The lowest BCUT2D eigenvalue weighted by molar-refractivity contribution is -0.330. The summed E-state index contributed by atoms with van der Waals surface area (Å²) in [5, 5.41) is 9.03. The normalized spacial score (nSPS) is 10.8. The Hall–Kier alpha value is -1.04. The van der Waals surface area contributed by atoms with Gasteiger partial charge in [-0.05, 0) is 6.07 Å². The van der Waals surface area contributed by atoms with Crippen LogP contribution in [0, 0.1) is 11.6 Å². The number of hydrogen-bond donors (Lipinski definition) is 1. The van der Waals surface area contributed by atoms with Crippen molar-refractivity contribution >= 4 is 0 Å². The lowest BCUT2D eigenvalue weighted by atomic mass is 10.2. The molecule has 0 atom stereocenters. The Morgan fingerprint density at radius 3 is 2.69 bits per heavy atom. The molecule has 1 N–H and O–H groups in total. The Bertz CT molecular complexity index is 291. The van der Waals surface area contributed by atoms with Crippen LogP contribution in [-0.4, -0.2) is 17.5 Å². The van der Waals surface area contributed by atoms with Gasteiger partial charge >= 0.3 is 0 Å². The number of hydroxylamine groups is 2. The van der Waals surface area contributed by atoms with Gasteiger partial charge in [0.1, 0.15) is 11.6 Å². The fraction of sp³-hybridized carbons (Fsp3) is 0.250. The number of nitrogens with zero attached hydrogens (tertiary/aromatic N) is 1. The summed E-state index contributed by atoms with van der Waals surface area (Å²) in [6.45, 7) is -0.140. The minimum absolute atomic E-state index is 0.140. The van der Waals surface area contributed by atoms with E-state index in [2.05, 4.69) is 4.84 Å². The number of halogens is 2. The Morgan fingerprint density at radius 1 is 1.46 bits per heavy atom. The summed E-state index contributed by atoms with van der Waals surface area (Å²) >= 11 is 0. The molecule has 0 aromatic heterocycles. The summed E-state index contributed by atoms with van der Waals surface area (Å²) < 4.78 is 25.3. The molecular weight excluding hydrogens is 180 g/mol. The molecule has 0 spiro atoms. The molecule has 1 rings (SSSR count). The number of hydrogen-bond acceptors (Lipinski definition) is 3. The Balaban J connectivity index is 2.67. The number of benzene rings is 1. The molecule has 0 saturated carbocycles. The molecule has 3 nitrogen and oxygen atoms in total. The average Bonchev–Trinajstić information content (AvgIpc) is 2.02. The predicted octanol–water partition coefficient (Wildman–Crippen LogP) is 1.72. The zero-order valence-corrected chi connectivity index (χ0v) is 7.00. The van der Waals surface area contributed by atoms with Crippen LogP contribution in [0.3, 0.4) is 0 Å². The van der Waals surface area contributed by atoms with Gasteiger partial charge in [-0.1, -0.05) is 11.3 Å². The van der Waals surface area contributed by atoms with Crippen molar-refractivity contribution in [1.82, 2.24) is 5.23 Å². The highest BCUT2D eigenvalue weighted by atomic mass is 19.1. The molecular formula is C8H9F2NO2. The first-order valence-electron chi connectivity index (χ1n) is 3.59.